The number of nitrogens with zero attached hydrogens (tertiary/aromatic N) is 2. The van der Waals surface area contributed by atoms with Crippen LogP contribution in [0.2, 0.25) is 0 Å². The minimum absolute atomic E-state index is 0.0202. The van der Waals surface area contributed by atoms with Gasteiger partial charge in [0.25, 0.3) is 0 Å². The largest absolute Gasteiger partial charge is 0.511 e. The molecule has 0 unspecified atom stereocenters. The van der Waals surface area contributed by atoms with E-state index in [1.54, 1.807) is 13.2 Å². The molecule has 2 aromatic rings. The molecule has 32 heavy (non-hydrogen) atoms. The van der Waals surface area contributed by atoms with Gasteiger partial charge in [0.05, 0.1) is 29.7 Å². The van der Waals surface area contributed by atoms with E-state index in [0.717, 1.165) is 0 Å². The summed E-state index contributed by atoms with van der Waals surface area (Å²) in [4.78, 5) is 30.0. The van der Waals surface area contributed by atoms with Gasteiger partial charge < -0.3 is 14.4 Å². The van der Waals surface area contributed by atoms with Crippen LogP contribution in [0, 0.1) is 5.41 Å². The fourth-order valence-electron chi connectivity index (χ4n) is 4.49. The monoisotopic (exact) mass is 436 g/mol. The van der Waals surface area contributed by atoms with E-state index in [9.17, 15) is 14.7 Å². The second-order valence-electron chi connectivity index (χ2n) is 9.20. The maximum absolute atomic E-state index is 12.7. The van der Waals surface area contributed by atoms with Gasteiger partial charge in [-0.3, -0.25) is 9.59 Å². The SMILES string of the molecule is COc1ccccc1N=C1CCCC(=O)/C1=C(/O)CCc1noc2c1C(=O)CC(C)(C)C2. The van der Waals surface area contributed by atoms with Crippen molar-refractivity contribution in [3.8, 4) is 5.75 Å². The second kappa shape index (κ2) is 8.73. The first-order valence-electron chi connectivity index (χ1n) is 11.0. The Bertz CT molecular complexity index is 1120. The third-order valence-electron chi connectivity index (χ3n) is 6.00. The summed E-state index contributed by atoms with van der Waals surface area (Å²) in [5.74, 6) is 1.09. The van der Waals surface area contributed by atoms with Crippen molar-refractivity contribution in [2.45, 2.75) is 58.8 Å². The predicted molar refractivity (Wildman–Crippen MR) is 120 cm³/mol. The number of ketones is 2. The molecule has 1 aromatic heterocycles. The Morgan fingerprint density at radius 3 is 2.75 bits per heavy atom. The van der Waals surface area contributed by atoms with Crippen molar-refractivity contribution < 1.29 is 24.0 Å². The molecular formula is C25H28N2O5. The van der Waals surface area contributed by atoms with Gasteiger partial charge in [0.15, 0.2) is 11.6 Å². The number of hydrogen-bond donors (Lipinski definition) is 1. The number of aryl methyl sites for hydroxylation is 1. The van der Waals surface area contributed by atoms with Crippen LogP contribution in [0.4, 0.5) is 5.69 Å². The molecule has 0 atom stereocenters. The fourth-order valence-corrected chi connectivity index (χ4v) is 4.49. The minimum Gasteiger partial charge on any atom is -0.511 e. The molecule has 7 heteroatoms. The van der Waals surface area contributed by atoms with E-state index >= 15 is 0 Å². The lowest BCUT2D eigenvalue weighted by Crippen LogP contribution is -2.26. The van der Waals surface area contributed by atoms with E-state index in [0.29, 0.717) is 72.7 Å². The van der Waals surface area contributed by atoms with Gasteiger partial charge in [0.1, 0.15) is 23.0 Å². The summed E-state index contributed by atoms with van der Waals surface area (Å²) >= 11 is 0. The van der Waals surface area contributed by atoms with Gasteiger partial charge in [-0.2, -0.15) is 0 Å². The van der Waals surface area contributed by atoms with Crippen LogP contribution in [-0.2, 0) is 17.6 Å². The van der Waals surface area contributed by atoms with Crippen LogP contribution in [0.5, 0.6) is 5.75 Å². The number of allylic oxidation sites excluding steroid dienone is 2. The number of Topliss-reactive ketones (excluding diaryl/α,β-unsaturated/α-hetero) is 2. The van der Waals surface area contributed by atoms with Crippen LogP contribution in [0.1, 0.15) is 67.8 Å². The molecule has 2 aliphatic carbocycles. The molecule has 0 saturated heterocycles. The average Bonchev–Trinajstić information content (AvgIpc) is 3.14. The standard InChI is InChI=1S/C25H28N2O5/c1-25(2)13-20(30)24-17(27-32-22(24)14-25)11-12-19(29)23-16(8-6-9-18(23)28)26-15-7-4-5-10-21(15)31-3/h4-5,7,10,29H,6,8-9,11-14H2,1-3H3/b23-19+,26-16?. The van der Waals surface area contributed by atoms with Gasteiger partial charge >= 0.3 is 0 Å². The van der Waals surface area contributed by atoms with Crippen LogP contribution in [0.25, 0.3) is 0 Å². The Kier molecular flexibility index (Phi) is 6.00. The number of benzene rings is 1. The Morgan fingerprint density at radius 2 is 1.97 bits per heavy atom. The van der Waals surface area contributed by atoms with Crippen LogP contribution < -0.4 is 4.74 Å². The van der Waals surface area contributed by atoms with Crippen LogP contribution >= 0.6 is 0 Å². The summed E-state index contributed by atoms with van der Waals surface area (Å²) in [6.07, 6.45) is 3.24. The molecule has 7 nitrogen and oxygen atoms in total. The lowest BCUT2D eigenvalue weighted by Gasteiger charge is -2.26. The summed E-state index contributed by atoms with van der Waals surface area (Å²) in [5.41, 5.74) is 2.38. The highest BCUT2D eigenvalue weighted by molar-refractivity contribution is 6.24. The molecule has 0 amide bonds. The number of ether oxygens (including phenoxy) is 1. The molecule has 0 spiro atoms. The topological polar surface area (TPSA) is 102 Å². The quantitative estimate of drug-likeness (QED) is 0.516. The Hall–Kier alpha value is -3.22. The van der Waals surface area contributed by atoms with E-state index in [4.69, 9.17) is 9.26 Å². The van der Waals surface area contributed by atoms with E-state index in [1.807, 2.05) is 32.0 Å². The van der Waals surface area contributed by atoms with Crippen molar-refractivity contribution >= 4 is 23.0 Å². The summed E-state index contributed by atoms with van der Waals surface area (Å²) < 4.78 is 10.8. The molecule has 1 aromatic carbocycles. The Balaban J connectivity index is 1.61. The van der Waals surface area contributed by atoms with Gasteiger partial charge in [-0.1, -0.05) is 31.1 Å². The van der Waals surface area contributed by atoms with Gasteiger partial charge in [0, 0.05) is 32.1 Å². The zero-order chi connectivity index (χ0) is 22.9. The highest BCUT2D eigenvalue weighted by Gasteiger charge is 2.36. The van der Waals surface area contributed by atoms with Gasteiger partial charge in [0.2, 0.25) is 0 Å². The minimum atomic E-state index is -0.149. The maximum Gasteiger partial charge on any atom is 0.168 e. The molecule has 1 fully saturated rings. The molecular weight excluding hydrogens is 408 g/mol. The van der Waals surface area contributed by atoms with Gasteiger partial charge in [-0.05, 0) is 30.4 Å². The van der Waals surface area contributed by atoms with Crippen LogP contribution in [0.3, 0.4) is 0 Å². The van der Waals surface area contributed by atoms with Crippen LogP contribution in [0.15, 0.2) is 45.1 Å². The number of aromatic nitrogens is 1. The molecule has 1 saturated carbocycles. The second-order valence-corrected chi connectivity index (χ2v) is 9.20. The van der Waals surface area contributed by atoms with Gasteiger partial charge in [-0.15, -0.1) is 0 Å². The normalized spacial score (nSPS) is 20.9. The van der Waals surface area contributed by atoms with Crippen molar-refractivity contribution in [2.75, 3.05) is 7.11 Å². The summed E-state index contributed by atoms with van der Waals surface area (Å²) in [6.45, 7) is 4.06. The summed E-state index contributed by atoms with van der Waals surface area (Å²) in [7, 11) is 1.57. The molecule has 2 aliphatic rings. The van der Waals surface area contributed by atoms with Crippen molar-refractivity contribution in [3.05, 3.63) is 52.6 Å². The average molecular weight is 437 g/mol. The number of para-hydroxylation sites is 2. The van der Waals surface area contributed by atoms with E-state index in [2.05, 4.69) is 10.1 Å². The Labute approximate surface area is 187 Å². The molecule has 0 bridgehead atoms. The molecule has 0 radical (unpaired) electrons. The first kappa shape index (κ1) is 22.0. The number of methoxy groups -OCH3 is 1. The predicted octanol–water partition coefficient (Wildman–Crippen LogP) is 5.11. The lowest BCUT2D eigenvalue weighted by molar-refractivity contribution is -0.115. The molecule has 0 aliphatic heterocycles. The lowest BCUT2D eigenvalue weighted by atomic mass is 9.76. The number of rotatable bonds is 5. The number of fused-ring (bicyclic) bond motifs is 1. The molecule has 1 heterocycles. The summed E-state index contributed by atoms with van der Waals surface area (Å²) in [6, 6.07) is 7.32. The zero-order valence-corrected chi connectivity index (χ0v) is 18.7. The summed E-state index contributed by atoms with van der Waals surface area (Å²) in [5, 5.41) is 15.0. The molecule has 1 N–H and O–H groups in total. The van der Waals surface area contributed by atoms with E-state index < -0.39 is 0 Å². The first-order valence-corrected chi connectivity index (χ1v) is 11.0. The van der Waals surface area contributed by atoms with Crippen molar-refractivity contribution in [1.82, 2.24) is 5.16 Å². The van der Waals surface area contributed by atoms with Gasteiger partial charge in [-0.25, -0.2) is 4.99 Å². The molecule has 168 valence electrons. The van der Waals surface area contributed by atoms with Crippen molar-refractivity contribution in [2.24, 2.45) is 10.4 Å². The molecule has 4 rings (SSSR count). The number of hydrogen-bond acceptors (Lipinski definition) is 7. The van der Waals surface area contributed by atoms with Crippen LogP contribution in [-0.4, -0.2) is 34.7 Å². The third-order valence-corrected chi connectivity index (χ3v) is 6.00. The highest BCUT2D eigenvalue weighted by atomic mass is 16.5. The van der Waals surface area contributed by atoms with Crippen molar-refractivity contribution in [3.63, 3.8) is 0 Å². The smallest absolute Gasteiger partial charge is 0.168 e. The number of aliphatic hydroxyl groups is 1. The zero-order valence-electron chi connectivity index (χ0n) is 18.7. The van der Waals surface area contributed by atoms with Crippen molar-refractivity contribution in [1.29, 1.82) is 0 Å². The number of aliphatic imine (C=N–C) groups is 1. The number of aliphatic hydroxyl groups excluding tert-OH is 1. The number of carbonyl (C=O) groups excluding carboxylic acids is 2. The maximum atomic E-state index is 12.7. The number of carbonyl (C=O) groups is 2. The highest BCUT2D eigenvalue weighted by Crippen LogP contribution is 2.37. The van der Waals surface area contributed by atoms with E-state index in [-0.39, 0.29) is 34.7 Å². The Morgan fingerprint density at radius 1 is 1.19 bits per heavy atom. The first-order chi connectivity index (χ1) is 15.3. The fraction of sp³-hybridized carbons (Fsp3) is 0.440. The van der Waals surface area contributed by atoms with E-state index in [1.165, 1.54) is 0 Å². The third kappa shape index (κ3) is 4.38.